The Morgan fingerprint density at radius 1 is 0.505 bits per heavy atom. The highest BCUT2D eigenvalue weighted by Crippen LogP contribution is 2.48. The van der Waals surface area contributed by atoms with E-state index < -0.39 is 95.8 Å². The first kappa shape index (κ1) is 84.7. The van der Waals surface area contributed by atoms with Gasteiger partial charge in [-0.15, -0.1) is 0 Å². The van der Waals surface area contributed by atoms with E-state index in [9.17, 15) is 73.5 Å². The molecule has 13 N–H and O–H groups in total. The van der Waals surface area contributed by atoms with Crippen molar-refractivity contribution in [3.63, 3.8) is 0 Å². The van der Waals surface area contributed by atoms with Gasteiger partial charge in [0.2, 0.25) is 11.8 Å². The maximum atomic E-state index is 12.7. The van der Waals surface area contributed by atoms with Gasteiger partial charge in [-0.25, -0.2) is 19.2 Å². The van der Waals surface area contributed by atoms with Crippen LogP contribution in [0.5, 0.6) is 0 Å². The zero-order valence-corrected chi connectivity index (χ0v) is 63.7. The van der Waals surface area contributed by atoms with Crippen LogP contribution in [0.4, 0.5) is 0 Å². The SMILES string of the molecule is NC(CSC1CCC1SCC(N)C(=O)O)C(=O)O.O=C1C=CC2C(=C1)OC1C=CC=CC1=C2c1ccc(CC(=S)COCCOCCC(=O)NC(CSC2CCC2SCC(NC(=O)CCOCCOCC(=S)Cc2ccc(C3=C4C=CC(O)=CC4OC4=CC(=O)C=CC43)c(C(=O)O)c2)C(=O)O)C(=O)O)cc1C(=O)O. The van der Waals surface area contributed by atoms with Gasteiger partial charge in [-0.05, 0) is 95.5 Å². The van der Waals surface area contributed by atoms with Crippen molar-refractivity contribution in [3.8, 4) is 0 Å². The van der Waals surface area contributed by atoms with E-state index >= 15 is 0 Å². The molecule has 0 aromatic heterocycles. The van der Waals surface area contributed by atoms with Crippen LogP contribution in [-0.2, 0) is 79.6 Å². The number of hydrogen-bond donors (Lipinski definition) is 11. The number of rotatable bonds is 42. The van der Waals surface area contributed by atoms with Gasteiger partial charge in [0.1, 0.15) is 53.7 Å². The van der Waals surface area contributed by atoms with Gasteiger partial charge < -0.3 is 86.3 Å². The maximum Gasteiger partial charge on any atom is 0.336 e. The molecule has 2 saturated carbocycles. The number of carbonyl (C=O) groups excluding carboxylic acids is 4. The van der Waals surface area contributed by atoms with E-state index in [2.05, 4.69) is 10.6 Å². The molecule has 0 radical (unpaired) electrons. The highest BCUT2D eigenvalue weighted by Gasteiger charge is 2.40. The van der Waals surface area contributed by atoms with Crippen LogP contribution >= 0.6 is 71.5 Å². The van der Waals surface area contributed by atoms with Gasteiger partial charge in [0.05, 0.1) is 75.8 Å². The summed E-state index contributed by atoms with van der Waals surface area (Å²) >= 11 is 17.0. The lowest BCUT2D eigenvalue weighted by Crippen LogP contribution is -2.45. The first-order valence-corrected chi connectivity index (χ1v) is 39.9. The molecule has 2 aromatic rings. The number of ketones is 2. The number of nitrogens with one attached hydrogen (secondary N) is 2. The van der Waals surface area contributed by atoms with Gasteiger partial charge in [-0.3, -0.25) is 28.8 Å². The third-order valence-electron chi connectivity index (χ3n) is 18.3. The number of thioether (sulfide) groups is 4. The third kappa shape index (κ3) is 24.3. The molecule has 33 heteroatoms. The molecule has 12 atom stereocenters. The fourth-order valence-electron chi connectivity index (χ4n) is 12.4. The van der Waals surface area contributed by atoms with Crippen LogP contribution in [0.15, 0.2) is 144 Å². The molecule has 582 valence electrons. The number of benzene rings is 2. The lowest BCUT2D eigenvalue weighted by Gasteiger charge is -2.36. The van der Waals surface area contributed by atoms with E-state index in [1.54, 1.807) is 72.1 Å². The van der Waals surface area contributed by atoms with Gasteiger partial charge in [-0.2, -0.15) is 47.0 Å². The molecule has 12 unspecified atom stereocenters. The monoisotopic (exact) mass is 1610 g/mol. The molecule has 8 aliphatic rings. The van der Waals surface area contributed by atoms with Crippen LogP contribution in [0.1, 0.15) is 81.5 Å². The summed E-state index contributed by atoms with van der Waals surface area (Å²) in [6.45, 7) is 0.679. The van der Waals surface area contributed by atoms with E-state index in [1.807, 2.05) is 30.4 Å². The minimum atomic E-state index is -1.21. The molecule has 2 aromatic carbocycles. The van der Waals surface area contributed by atoms with E-state index in [4.69, 9.17) is 74.5 Å². The predicted octanol–water partition coefficient (Wildman–Crippen LogP) is 7.12. The average Bonchev–Trinajstić information content (AvgIpc) is 0.754. The Balaban J connectivity index is 0.000000667. The number of carbonyl (C=O) groups is 10. The van der Waals surface area contributed by atoms with E-state index in [-0.39, 0.29) is 129 Å². The molecular formula is C76H84N4O23S6. The molecule has 0 spiro atoms. The van der Waals surface area contributed by atoms with E-state index in [0.29, 0.717) is 76.7 Å². The van der Waals surface area contributed by atoms with Gasteiger partial charge in [0.15, 0.2) is 11.6 Å². The number of aliphatic carboxylic acids is 4. The Morgan fingerprint density at radius 3 is 1.33 bits per heavy atom. The Labute approximate surface area is 655 Å². The number of amides is 2. The molecule has 10 rings (SSSR count). The Bertz CT molecular complexity index is 4150. The summed E-state index contributed by atoms with van der Waals surface area (Å²) in [6.07, 6.45) is 23.9. The number of carboxylic acid groups (broad SMARTS) is 6. The van der Waals surface area contributed by atoms with E-state index in [0.717, 1.165) is 36.8 Å². The summed E-state index contributed by atoms with van der Waals surface area (Å²) in [6, 6.07) is 6.18. The quantitative estimate of drug-likeness (QED) is 0.0233. The summed E-state index contributed by atoms with van der Waals surface area (Å²) < 4.78 is 34.6. The minimum Gasteiger partial charge on any atom is -0.508 e. The average molecular weight is 1610 g/mol. The lowest BCUT2D eigenvalue weighted by atomic mass is 9.78. The number of fused-ring (bicyclic) bond motifs is 4. The number of aliphatic hydroxyl groups excluding tert-OH is 1. The summed E-state index contributed by atoms with van der Waals surface area (Å²) in [7, 11) is 0. The number of aliphatic hydroxyl groups is 1. The van der Waals surface area contributed by atoms with Gasteiger partial charge in [0.25, 0.3) is 0 Å². The Kier molecular flexibility index (Phi) is 31.9. The molecule has 0 saturated heterocycles. The van der Waals surface area contributed by atoms with Gasteiger partial charge >= 0.3 is 35.8 Å². The number of aromatic carboxylic acids is 2. The molecule has 27 nitrogen and oxygen atoms in total. The van der Waals surface area contributed by atoms with Crippen LogP contribution in [0.2, 0.25) is 0 Å². The largest absolute Gasteiger partial charge is 0.508 e. The lowest BCUT2D eigenvalue weighted by molar-refractivity contribution is -0.141. The molecule has 2 heterocycles. The highest BCUT2D eigenvalue weighted by molar-refractivity contribution is 8.04. The van der Waals surface area contributed by atoms with Crippen LogP contribution in [0, 0.1) is 11.8 Å². The first-order chi connectivity index (χ1) is 52.2. The number of thiocarbonyl (C=S) groups is 2. The van der Waals surface area contributed by atoms with Crippen molar-refractivity contribution in [1.29, 1.82) is 0 Å². The molecule has 6 aliphatic carbocycles. The second-order valence-corrected chi connectivity index (χ2v) is 32.4. The number of nitrogens with two attached hydrogens (primary N) is 2. The maximum absolute atomic E-state index is 12.7. The Hall–Kier alpha value is -8.32. The van der Waals surface area contributed by atoms with Crippen LogP contribution in [0.3, 0.4) is 0 Å². The third-order valence-corrected chi connectivity index (χ3v) is 25.3. The van der Waals surface area contributed by atoms with Crippen molar-refractivity contribution in [1.82, 2.24) is 10.6 Å². The molecule has 109 heavy (non-hydrogen) atoms. The predicted molar refractivity (Wildman–Crippen MR) is 419 cm³/mol. The van der Waals surface area contributed by atoms with Crippen LogP contribution in [-0.4, -0.2) is 238 Å². The fourth-order valence-corrected chi connectivity index (χ4v) is 19.0. The second kappa shape index (κ2) is 41.1. The van der Waals surface area contributed by atoms with Crippen molar-refractivity contribution in [2.75, 3.05) is 75.9 Å². The van der Waals surface area contributed by atoms with Crippen molar-refractivity contribution in [2.24, 2.45) is 23.3 Å². The molecule has 2 amide bonds. The number of ether oxygens (including phenoxy) is 6. The molecule has 2 aliphatic heterocycles. The zero-order chi connectivity index (χ0) is 78.4. The highest BCUT2D eigenvalue weighted by atomic mass is 32.2. The number of allylic oxidation sites excluding steroid dienone is 9. The summed E-state index contributed by atoms with van der Waals surface area (Å²) in [5.41, 5.74) is 16.1. The zero-order valence-electron chi connectivity index (χ0n) is 58.8. The second-order valence-electron chi connectivity index (χ2n) is 26.1. The fraction of sp³-hybridized carbons (Fsp3) is 0.421. The van der Waals surface area contributed by atoms with E-state index in [1.165, 1.54) is 60.0 Å². The standard InChI is InChI=1S/C66H66N2O19S4.C10H18N2O4S2/c69-38-7-12-46-54(29-38)86-53-4-2-1-3-45(53)61(46)43-10-5-36(27-49(43)63(74)75)25-41(88)32-84-23-21-82-19-17-59(72)67-51(65(78)79)34-90-57-15-16-58(57)91-35-52(66(80)81)68-60(73)18-20-83-22-24-85-33-42(89)26-37-6-11-44(50(28-37)64(76)77)62-47-13-8-39(70)30-55(47)87-56-31-40(71)9-14-48(56)62;11-5(9(13)14)3-17-7-1-2-8(7)18-4-6(12)10(15)16/h1-14,27-31,46-47,51-53,56-58,71H,15-26,32-35H2,(H,67,72)(H,68,73)(H,74,75)(H,76,77)(H,78,79)(H,80,81);5-8H,1-4,11-12H2,(H,13,14)(H,15,16). The van der Waals surface area contributed by atoms with Crippen LogP contribution < -0.4 is 22.1 Å². The Morgan fingerprint density at radius 2 is 0.917 bits per heavy atom. The van der Waals surface area contributed by atoms with Crippen molar-refractivity contribution >= 4 is 152 Å². The normalized spacial score (nSPS) is 22.2. The first-order valence-electron chi connectivity index (χ1n) is 34.9. The summed E-state index contributed by atoms with van der Waals surface area (Å²) in [4.78, 5) is 122. The minimum absolute atomic E-state index is 0.000747. The molecule has 0 bridgehead atoms. The summed E-state index contributed by atoms with van der Waals surface area (Å²) in [5.74, 6) is -7.39. The van der Waals surface area contributed by atoms with Crippen LogP contribution in [0.25, 0.3) is 11.1 Å². The molecule has 2 fully saturated rings. The topological polar surface area (TPSA) is 444 Å². The van der Waals surface area contributed by atoms with Crippen molar-refractivity contribution < 1.29 is 112 Å². The van der Waals surface area contributed by atoms with Gasteiger partial charge in [-0.1, -0.05) is 85.2 Å². The van der Waals surface area contributed by atoms with Crippen molar-refractivity contribution in [3.05, 3.63) is 177 Å². The number of carboxylic acids is 6. The van der Waals surface area contributed by atoms with Gasteiger partial charge in [0, 0.05) is 109 Å². The number of hydrogen-bond acceptors (Lipinski definition) is 25. The summed E-state index contributed by atoms with van der Waals surface area (Å²) in [5, 5.41) is 73.7. The van der Waals surface area contributed by atoms with Crippen molar-refractivity contribution in [2.45, 2.75) is 109 Å². The smallest absolute Gasteiger partial charge is 0.336 e. The molecular weight excluding hydrogens is 1530 g/mol.